The highest BCUT2D eigenvalue weighted by Gasteiger charge is 2.27. The van der Waals surface area contributed by atoms with Gasteiger partial charge < -0.3 is 19.9 Å². The molecule has 24 heavy (non-hydrogen) atoms. The van der Waals surface area contributed by atoms with Gasteiger partial charge in [-0.1, -0.05) is 16.8 Å². The van der Waals surface area contributed by atoms with Gasteiger partial charge in [0, 0.05) is 30.3 Å². The van der Waals surface area contributed by atoms with E-state index in [2.05, 4.69) is 15.8 Å². The fourth-order valence-corrected chi connectivity index (χ4v) is 2.63. The fraction of sp³-hybridized carbons (Fsp3) is 0.412. The molecular weight excluding hydrogens is 330 g/mol. The van der Waals surface area contributed by atoms with Crippen molar-refractivity contribution in [3.63, 3.8) is 0 Å². The van der Waals surface area contributed by atoms with E-state index in [1.54, 1.807) is 19.2 Å². The normalized spacial score (nSPS) is 14.2. The second kappa shape index (κ2) is 7.68. The highest BCUT2D eigenvalue weighted by atomic mass is 35.5. The maximum atomic E-state index is 12.7. The predicted molar refractivity (Wildman–Crippen MR) is 92.4 cm³/mol. The molecule has 0 saturated heterocycles. The number of nitrogens with one attached hydrogen (secondary N) is 2. The molecule has 2 aromatic rings. The highest BCUT2D eigenvalue weighted by molar-refractivity contribution is 6.30. The summed E-state index contributed by atoms with van der Waals surface area (Å²) in [6, 6.07) is 7.36. The Labute approximate surface area is 145 Å². The number of aromatic nitrogens is 1. The number of benzene rings is 1. The quantitative estimate of drug-likeness (QED) is 0.750. The van der Waals surface area contributed by atoms with E-state index in [4.69, 9.17) is 20.9 Å². The molecule has 6 nitrogen and oxygen atoms in total. The zero-order valence-corrected chi connectivity index (χ0v) is 14.2. The molecule has 1 fully saturated rings. The van der Waals surface area contributed by atoms with E-state index in [-0.39, 0.29) is 11.9 Å². The summed E-state index contributed by atoms with van der Waals surface area (Å²) in [6.45, 7) is 1.04. The summed E-state index contributed by atoms with van der Waals surface area (Å²) in [7, 11) is 1.62. The number of carbonyl (C=O) groups is 1. The zero-order chi connectivity index (χ0) is 16.9. The van der Waals surface area contributed by atoms with Crippen LogP contribution in [0.1, 0.15) is 29.6 Å². The van der Waals surface area contributed by atoms with Gasteiger partial charge in [-0.2, -0.15) is 0 Å². The molecule has 0 spiro atoms. The number of rotatable bonds is 7. The minimum atomic E-state index is -0.175. The SMILES string of the molecule is COCCNc1noc(-c2ccc(Cl)cc2)c1C(=O)NC1CCC1. The first-order valence-corrected chi connectivity index (χ1v) is 8.36. The summed E-state index contributed by atoms with van der Waals surface area (Å²) in [6.07, 6.45) is 3.18. The van der Waals surface area contributed by atoms with E-state index in [1.165, 1.54) is 0 Å². The van der Waals surface area contributed by atoms with Gasteiger partial charge in [0.15, 0.2) is 11.6 Å². The lowest BCUT2D eigenvalue weighted by molar-refractivity contribution is 0.0918. The number of hydrogen-bond donors (Lipinski definition) is 2. The van der Waals surface area contributed by atoms with Crippen LogP contribution in [0.3, 0.4) is 0 Å². The number of hydrogen-bond acceptors (Lipinski definition) is 5. The van der Waals surface area contributed by atoms with Gasteiger partial charge in [0.05, 0.1) is 6.61 Å². The summed E-state index contributed by atoms with van der Waals surface area (Å²) in [4.78, 5) is 12.7. The smallest absolute Gasteiger partial charge is 0.259 e. The van der Waals surface area contributed by atoms with Crippen LogP contribution in [0.15, 0.2) is 28.8 Å². The van der Waals surface area contributed by atoms with Crippen LogP contribution in [-0.2, 0) is 4.74 Å². The molecule has 7 heteroatoms. The van der Waals surface area contributed by atoms with Crippen molar-refractivity contribution in [2.45, 2.75) is 25.3 Å². The third-order valence-electron chi connectivity index (χ3n) is 4.06. The van der Waals surface area contributed by atoms with Crippen molar-refractivity contribution in [3.8, 4) is 11.3 Å². The van der Waals surface area contributed by atoms with Crippen LogP contribution < -0.4 is 10.6 Å². The minimum absolute atomic E-state index is 0.175. The number of methoxy groups -OCH3 is 1. The van der Waals surface area contributed by atoms with Crippen molar-refractivity contribution in [2.24, 2.45) is 0 Å². The molecule has 0 radical (unpaired) electrons. The van der Waals surface area contributed by atoms with Crippen LogP contribution in [0.2, 0.25) is 5.02 Å². The van der Waals surface area contributed by atoms with Gasteiger partial charge in [0.2, 0.25) is 0 Å². The molecule has 0 unspecified atom stereocenters. The molecule has 1 amide bonds. The maximum absolute atomic E-state index is 12.7. The van der Waals surface area contributed by atoms with Crippen molar-refractivity contribution in [3.05, 3.63) is 34.9 Å². The van der Waals surface area contributed by atoms with E-state index in [0.717, 1.165) is 24.8 Å². The van der Waals surface area contributed by atoms with Crippen LogP contribution in [0, 0.1) is 0 Å². The molecule has 1 heterocycles. The van der Waals surface area contributed by atoms with Gasteiger partial charge in [-0.15, -0.1) is 0 Å². The van der Waals surface area contributed by atoms with Crippen molar-refractivity contribution in [1.82, 2.24) is 10.5 Å². The summed E-state index contributed by atoms with van der Waals surface area (Å²) in [5, 5.41) is 10.8. The molecule has 1 aromatic heterocycles. The maximum Gasteiger partial charge on any atom is 0.259 e. The van der Waals surface area contributed by atoms with E-state index in [1.807, 2.05) is 12.1 Å². The Morgan fingerprint density at radius 2 is 2.12 bits per heavy atom. The third kappa shape index (κ3) is 3.71. The molecule has 0 atom stereocenters. The molecular formula is C17H20ClN3O3. The van der Waals surface area contributed by atoms with E-state index >= 15 is 0 Å². The summed E-state index contributed by atoms with van der Waals surface area (Å²) in [5.41, 5.74) is 1.17. The topological polar surface area (TPSA) is 76.4 Å². The van der Waals surface area contributed by atoms with Gasteiger partial charge in [-0.05, 0) is 43.5 Å². The number of amides is 1. The zero-order valence-electron chi connectivity index (χ0n) is 13.5. The predicted octanol–water partition coefficient (Wildman–Crippen LogP) is 3.34. The molecule has 2 N–H and O–H groups in total. The second-order valence-corrected chi connectivity index (χ2v) is 6.20. The van der Waals surface area contributed by atoms with Gasteiger partial charge in [-0.25, -0.2) is 0 Å². The first-order chi connectivity index (χ1) is 11.7. The van der Waals surface area contributed by atoms with Crippen LogP contribution in [0.4, 0.5) is 5.82 Å². The molecule has 1 aromatic carbocycles. The Hall–Kier alpha value is -2.05. The number of anilines is 1. The lowest BCUT2D eigenvalue weighted by Crippen LogP contribution is -2.39. The molecule has 128 valence electrons. The van der Waals surface area contributed by atoms with Crippen molar-refractivity contribution < 1.29 is 14.1 Å². The van der Waals surface area contributed by atoms with Crippen molar-refractivity contribution >= 4 is 23.3 Å². The third-order valence-corrected chi connectivity index (χ3v) is 4.32. The monoisotopic (exact) mass is 349 g/mol. The fourth-order valence-electron chi connectivity index (χ4n) is 2.50. The second-order valence-electron chi connectivity index (χ2n) is 5.76. The minimum Gasteiger partial charge on any atom is -0.383 e. The number of halogens is 1. The van der Waals surface area contributed by atoms with Gasteiger partial charge >= 0.3 is 0 Å². The lowest BCUT2D eigenvalue weighted by atomic mass is 9.93. The highest BCUT2D eigenvalue weighted by Crippen LogP contribution is 2.31. The number of nitrogens with zero attached hydrogens (tertiary/aromatic N) is 1. The van der Waals surface area contributed by atoms with E-state index in [9.17, 15) is 4.79 Å². The van der Waals surface area contributed by atoms with Crippen LogP contribution in [0.25, 0.3) is 11.3 Å². The molecule has 1 aliphatic carbocycles. The van der Waals surface area contributed by atoms with Crippen LogP contribution in [0.5, 0.6) is 0 Å². The standard InChI is InChI=1S/C17H20ClN3O3/c1-23-10-9-19-16-14(17(22)20-13-3-2-4-13)15(24-21-16)11-5-7-12(18)8-6-11/h5-8,13H,2-4,9-10H2,1H3,(H,19,21)(H,20,22). The Bertz CT molecular complexity index is 696. The summed E-state index contributed by atoms with van der Waals surface area (Å²) in [5.74, 6) is 0.683. The van der Waals surface area contributed by atoms with Gasteiger partial charge in [-0.3, -0.25) is 4.79 Å². The van der Waals surface area contributed by atoms with Gasteiger partial charge in [0.1, 0.15) is 5.56 Å². The average Bonchev–Trinajstić information content (AvgIpc) is 2.96. The van der Waals surface area contributed by atoms with Crippen molar-refractivity contribution in [2.75, 3.05) is 25.6 Å². The van der Waals surface area contributed by atoms with Gasteiger partial charge in [0.25, 0.3) is 5.91 Å². The molecule has 3 rings (SSSR count). The lowest BCUT2D eigenvalue weighted by Gasteiger charge is -2.26. The van der Waals surface area contributed by atoms with Crippen molar-refractivity contribution in [1.29, 1.82) is 0 Å². The average molecular weight is 350 g/mol. The van der Waals surface area contributed by atoms with E-state index in [0.29, 0.717) is 35.3 Å². The Balaban J connectivity index is 1.88. The molecule has 0 bridgehead atoms. The Morgan fingerprint density at radius 1 is 1.38 bits per heavy atom. The first kappa shape index (κ1) is 16.8. The number of ether oxygens (including phenoxy) is 1. The largest absolute Gasteiger partial charge is 0.383 e. The van der Waals surface area contributed by atoms with Crippen LogP contribution in [-0.4, -0.2) is 37.4 Å². The first-order valence-electron chi connectivity index (χ1n) is 7.98. The summed E-state index contributed by atoms with van der Waals surface area (Å²) < 4.78 is 10.5. The number of carbonyl (C=O) groups excluding carboxylic acids is 1. The molecule has 0 aliphatic heterocycles. The van der Waals surface area contributed by atoms with E-state index < -0.39 is 0 Å². The van der Waals surface area contributed by atoms with Crippen LogP contribution >= 0.6 is 11.6 Å². The summed E-state index contributed by atoms with van der Waals surface area (Å²) >= 11 is 5.93. The Kier molecular flexibility index (Phi) is 5.37. The molecule has 1 aliphatic rings. The molecule has 1 saturated carbocycles. The Morgan fingerprint density at radius 3 is 2.75 bits per heavy atom.